The fourth-order valence-electron chi connectivity index (χ4n) is 2.19. The van der Waals surface area contributed by atoms with Gasteiger partial charge < -0.3 is 15.1 Å². The number of rotatable bonds is 5. The largest absolute Gasteiger partial charge is 0.395 e. The van der Waals surface area contributed by atoms with Gasteiger partial charge in [0, 0.05) is 25.2 Å². The summed E-state index contributed by atoms with van der Waals surface area (Å²) in [5.74, 6) is 0.955. The van der Waals surface area contributed by atoms with Crippen LogP contribution in [0.1, 0.15) is 24.1 Å². The van der Waals surface area contributed by atoms with Crippen LogP contribution in [0.2, 0.25) is 0 Å². The molecule has 0 bridgehead atoms. The summed E-state index contributed by atoms with van der Waals surface area (Å²) in [7, 11) is 1.88. The molecular formula is C11H19N3O2. The zero-order chi connectivity index (χ0) is 11.7. The van der Waals surface area contributed by atoms with Crippen LogP contribution in [0.5, 0.6) is 0 Å². The molecule has 0 saturated heterocycles. The lowest BCUT2D eigenvalue weighted by Crippen LogP contribution is -2.31. The smallest absolute Gasteiger partial charge is 0.132 e. The average molecular weight is 225 g/mol. The van der Waals surface area contributed by atoms with Crippen molar-refractivity contribution >= 4 is 5.82 Å². The van der Waals surface area contributed by atoms with Crippen molar-refractivity contribution < 1.29 is 10.2 Å². The van der Waals surface area contributed by atoms with Crippen LogP contribution in [0.15, 0.2) is 0 Å². The SMILES string of the molecule is Cc1nn(C)c(N(CCO)C2CC2)c1CO. The lowest BCUT2D eigenvalue weighted by Gasteiger charge is -2.24. The zero-order valence-electron chi connectivity index (χ0n) is 9.85. The van der Waals surface area contributed by atoms with Crippen molar-refractivity contribution in [2.45, 2.75) is 32.4 Å². The molecule has 0 atom stereocenters. The van der Waals surface area contributed by atoms with Crippen molar-refractivity contribution in [1.82, 2.24) is 9.78 Å². The predicted octanol–water partition coefficient (Wildman–Crippen LogP) is 0.182. The molecule has 1 aliphatic rings. The van der Waals surface area contributed by atoms with Crippen LogP contribution in [0.4, 0.5) is 5.82 Å². The number of aromatic nitrogens is 2. The van der Waals surface area contributed by atoms with Crippen LogP contribution < -0.4 is 4.90 Å². The van der Waals surface area contributed by atoms with Crippen molar-refractivity contribution in [2.24, 2.45) is 7.05 Å². The highest BCUT2D eigenvalue weighted by Crippen LogP contribution is 2.34. The molecular weight excluding hydrogens is 206 g/mol. The van der Waals surface area contributed by atoms with Gasteiger partial charge in [-0.05, 0) is 19.8 Å². The maximum absolute atomic E-state index is 9.39. The van der Waals surface area contributed by atoms with E-state index in [0.29, 0.717) is 12.6 Å². The number of aryl methyl sites for hydroxylation is 2. The van der Waals surface area contributed by atoms with Crippen LogP contribution in [-0.2, 0) is 13.7 Å². The summed E-state index contributed by atoms with van der Waals surface area (Å²) in [6, 6.07) is 0.507. The highest BCUT2D eigenvalue weighted by atomic mass is 16.3. The van der Waals surface area contributed by atoms with Gasteiger partial charge in [0.2, 0.25) is 0 Å². The lowest BCUT2D eigenvalue weighted by atomic mass is 10.2. The molecule has 0 unspecified atom stereocenters. The van der Waals surface area contributed by atoms with E-state index < -0.39 is 0 Å². The number of nitrogens with zero attached hydrogens (tertiary/aromatic N) is 3. The molecule has 0 amide bonds. The van der Waals surface area contributed by atoms with E-state index >= 15 is 0 Å². The van der Waals surface area contributed by atoms with Crippen LogP contribution in [0.25, 0.3) is 0 Å². The van der Waals surface area contributed by atoms with Gasteiger partial charge in [0.05, 0.1) is 18.9 Å². The van der Waals surface area contributed by atoms with Gasteiger partial charge in [-0.15, -0.1) is 0 Å². The second-order valence-electron chi connectivity index (χ2n) is 4.32. The highest BCUT2D eigenvalue weighted by Gasteiger charge is 2.32. The second-order valence-corrected chi connectivity index (χ2v) is 4.32. The molecule has 1 heterocycles. The minimum atomic E-state index is 0.00363. The van der Waals surface area contributed by atoms with Gasteiger partial charge in [-0.3, -0.25) is 4.68 Å². The molecule has 1 aliphatic carbocycles. The Morgan fingerprint density at radius 3 is 2.62 bits per heavy atom. The Bertz CT molecular complexity index is 372. The molecule has 5 nitrogen and oxygen atoms in total. The summed E-state index contributed by atoms with van der Waals surface area (Å²) in [4.78, 5) is 2.16. The molecule has 5 heteroatoms. The number of hydrogen-bond donors (Lipinski definition) is 2. The fraction of sp³-hybridized carbons (Fsp3) is 0.727. The van der Waals surface area contributed by atoms with Gasteiger partial charge in [-0.2, -0.15) is 5.10 Å². The quantitative estimate of drug-likeness (QED) is 0.750. The predicted molar refractivity (Wildman–Crippen MR) is 61.3 cm³/mol. The minimum absolute atomic E-state index is 0.00363. The summed E-state index contributed by atoms with van der Waals surface area (Å²) in [6.45, 7) is 2.64. The van der Waals surface area contributed by atoms with E-state index in [2.05, 4.69) is 10.00 Å². The fourth-order valence-corrected chi connectivity index (χ4v) is 2.19. The van der Waals surface area contributed by atoms with E-state index in [4.69, 9.17) is 5.11 Å². The number of hydrogen-bond acceptors (Lipinski definition) is 4. The third kappa shape index (κ3) is 1.92. The molecule has 0 spiro atoms. The van der Waals surface area contributed by atoms with E-state index in [-0.39, 0.29) is 13.2 Å². The molecule has 0 radical (unpaired) electrons. The van der Waals surface area contributed by atoms with Crippen molar-refractivity contribution in [1.29, 1.82) is 0 Å². The Balaban J connectivity index is 2.35. The summed E-state index contributed by atoms with van der Waals surface area (Å²) in [5.41, 5.74) is 1.74. The summed E-state index contributed by atoms with van der Waals surface area (Å²) in [5, 5.41) is 22.8. The number of aliphatic hydroxyl groups excluding tert-OH is 2. The van der Waals surface area contributed by atoms with Gasteiger partial charge in [0.15, 0.2) is 0 Å². The maximum Gasteiger partial charge on any atom is 0.132 e. The molecule has 2 N–H and O–H groups in total. The Kier molecular flexibility index (Phi) is 3.16. The lowest BCUT2D eigenvalue weighted by molar-refractivity contribution is 0.279. The van der Waals surface area contributed by atoms with Crippen LogP contribution >= 0.6 is 0 Å². The van der Waals surface area contributed by atoms with E-state index in [1.807, 2.05) is 14.0 Å². The van der Waals surface area contributed by atoms with E-state index in [1.165, 1.54) is 0 Å². The van der Waals surface area contributed by atoms with Crippen molar-refractivity contribution in [3.05, 3.63) is 11.3 Å². The third-order valence-corrected chi connectivity index (χ3v) is 3.07. The van der Waals surface area contributed by atoms with Gasteiger partial charge in [-0.1, -0.05) is 0 Å². The Morgan fingerprint density at radius 1 is 1.44 bits per heavy atom. The van der Waals surface area contributed by atoms with Gasteiger partial charge in [0.1, 0.15) is 5.82 Å². The molecule has 1 saturated carbocycles. The van der Waals surface area contributed by atoms with E-state index in [9.17, 15) is 5.11 Å². The van der Waals surface area contributed by atoms with Crippen molar-refractivity contribution in [3.8, 4) is 0 Å². The first-order valence-electron chi connectivity index (χ1n) is 5.69. The van der Waals surface area contributed by atoms with Crippen LogP contribution in [0, 0.1) is 6.92 Å². The van der Waals surface area contributed by atoms with E-state index in [1.54, 1.807) is 4.68 Å². The van der Waals surface area contributed by atoms with Gasteiger partial charge in [-0.25, -0.2) is 0 Å². The van der Waals surface area contributed by atoms with Crippen molar-refractivity contribution in [2.75, 3.05) is 18.1 Å². The standard InChI is InChI=1S/C11H19N3O2/c1-8-10(7-16)11(13(2)12-8)14(5-6-15)9-3-4-9/h9,15-16H,3-7H2,1-2H3. The summed E-state index contributed by atoms with van der Waals surface area (Å²) < 4.78 is 1.80. The van der Waals surface area contributed by atoms with E-state index in [0.717, 1.165) is 29.9 Å². The molecule has 1 aromatic rings. The topological polar surface area (TPSA) is 61.5 Å². The zero-order valence-corrected chi connectivity index (χ0v) is 9.85. The molecule has 2 rings (SSSR count). The molecule has 90 valence electrons. The van der Waals surface area contributed by atoms with Crippen LogP contribution in [-0.4, -0.2) is 39.2 Å². The summed E-state index contributed by atoms with van der Waals surface area (Å²) >= 11 is 0. The number of aliphatic hydroxyl groups is 2. The molecule has 0 aromatic carbocycles. The van der Waals surface area contributed by atoms with Crippen LogP contribution in [0.3, 0.4) is 0 Å². The minimum Gasteiger partial charge on any atom is -0.395 e. The molecule has 1 aromatic heterocycles. The highest BCUT2D eigenvalue weighted by molar-refractivity contribution is 5.51. The maximum atomic E-state index is 9.39. The van der Waals surface area contributed by atoms with Gasteiger partial charge in [0.25, 0.3) is 0 Å². The normalized spacial score (nSPS) is 15.5. The first kappa shape index (κ1) is 11.4. The Morgan fingerprint density at radius 2 is 2.12 bits per heavy atom. The third-order valence-electron chi connectivity index (χ3n) is 3.07. The molecule has 1 fully saturated rings. The number of anilines is 1. The van der Waals surface area contributed by atoms with Crippen molar-refractivity contribution in [3.63, 3.8) is 0 Å². The average Bonchev–Trinajstić information content (AvgIpc) is 3.02. The first-order valence-corrected chi connectivity index (χ1v) is 5.69. The summed E-state index contributed by atoms with van der Waals surface area (Å²) in [6.07, 6.45) is 2.32. The first-order chi connectivity index (χ1) is 7.69. The Hall–Kier alpha value is -1.07. The molecule has 0 aliphatic heterocycles. The second kappa shape index (κ2) is 4.43. The molecule has 16 heavy (non-hydrogen) atoms. The Labute approximate surface area is 95.3 Å². The van der Waals surface area contributed by atoms with Gasteiger partial charge >= 0.3 is 0 Å². The monoisotopic (exact) mass is 225 g/mol.